The molecule has 0 aliphatic carbocycles. The highest BCUT2D eigenvalue weighted by Gasteiger charge is 2.33. The van der Waals surface area contributed by atoms with Crippen LogP contribution in [0.2, 0.25) is 0 Å². The Balaban J connectivity index is 1.83. The number of ether oxygens (including phenoxy) is 1. The van der Waals surface area contributed by atoms with E-state index in [4.69, 9.17) is 5.73 Å². The van der Waals surface area contributed by atoms with E-state index in [0.717, 1.165) is 5.56 Å². The lowest BCUT2D eigenvalue weighted by Crippen LogP contribution is -2.47. The Labute approximate surface area is 153 Å². The van der Waals surface area contributed by atoms with Crippen molar-refractivity contribution in [3.05, 3.63) is 53.6 Å². The highest BCUT2D eigenvalue weighted by molar-refractivity contribution is 5.98. The number of amides is 1. The first-order valence-electron chi connectivity index (χ1n) is 8.12. The number of benzene rings is 2. The van der Waals surface area contributed by atoms with Gasteiger partial charge in [0.25, 0.3) is 5.91 Å². The molecule has 1 aliphatic rings. The van der Waals surface area contributed by atoms with E-state index in [1.807, 2.05) is 0 Å². The standard InChI is InChI=1S/C18H18F3N3O3/c1-23(15-4-2-3-5-16(15)27-18(19,20)21)10-11-6-7-14-12(8-11)9-13(22)17(25)24(14)26/h2-8,13,26H,9-10,22H2,1H3/t13-/m0/s1. The molecule has 0 saturated carbocycles. The summed E-state index contributed by atoms with van der Waals surface area (Å²) in [6.07, 6.45) is -4.51. The van der Waals surface area contributed by atoms with Crippen LogP contribution in [0.3, 0.4) is 0 Å². The minimum Gasteiger partial charge on any atom is -0.404 e. The van der Waals surface area contributed by atoms with Gasteiger partial charge in [0.2, 0.25) is 0 Å². The van der Waals surface area contributed by atoms with Gasteiger partial charge >= 0.3 is 6.36 Å². The first kappa shape index (κ1) is 19.0. The number of anilines is 2. The predicted molar refractivity (Wildman–Crippen MR) is 92.6 cm³/mol. The van der Waals surface area contributed by atoms with Crippen molar-refractivity contribution in [1.82, 2.24) is 0 Å². The molecule has 0 aromatic heterocycles. The fourth-order valence-electron chi connectivity index (χ4n) is 3.05. The number of carbonyl (C=O) groups excluding carboxylic acids is 1. The number of hydroxylamine groups is 1. The molecule has 6 nitrogen and oxygen atoms in total. The van der Waals surface area contributed by atoms with E-state index in [0.29, 0.717) is 22.9 Å². The molecule has 0 saturated heterocycles. The fourth-order valence-corrected chi connectivity index (χ4v) is 3.05. The molecule has 2 aromatic carbocycles. The monoisotopic (exact) mass is 381 g/mol. The molecule has 1 aliphatic heterocycles. The molecule has 0 unspecified atom stereocenters. The summed E-state index contributed by atoms with van der Waals surface area (Å²) in [4.78, 5) is 13.3. The Kier molecular flexibility index (Phi) is 4.99. The molecule has 1 atom stereocenters. The lowest BCUT2D eigenvalue weighted by Gasteiger charge is -2.28. The molecule has 9 heteroatoms. The van der Waals surface area contributed by atoms with Crippen molar-refractivity contribution in [1.29, 1.82) is 0 Å². The first-order valence-corrected chi connectivity index (χ1v) is 8.12. The highest BCUT2D eigenvalue weighted by Crippen LogP contribution is 2.33. The van der Waals surface area contributed by atoms with Crippen LogP contribution in [0.25, 0.3) is 0 Å². The Morgan fingerprint density at radius 1 is 1.30 bits per heavy atom. The summed E-state index contributed by atoms with van der Waals surface area (Å²) in [6, 6.07) is 10.1. The molecule has 2 aromatic rings. The Hall–Kier alpha value is -2.78. The number of rotatable bonds is 4. The third-order valence-corrected chi connectivity index (χ3v) is 4.26. The zero-order valence-corrected chi connectivity index (χ0v) is 14.4. The Morgan fingerprint density at radius 3 is 2.70 bits per heavy atom. The molecule has 1 heterocycles. The van der Waals surface area contributed by atoms with Gasteiger partial charge in [-0.25, -0.2) is 0 Å². The van der Waals surface area contributed by atoms with E-state index in [2.05, 4.69) is 4.74 Å². The molecular weight excluding hydrogens is 363 g/mol. The van der Waals surface area contributed by atoms with Crippen LogP contribution in [-0.2, 0) is 17.8 Å². The summed E-state index contributed by atoms with van der Waals surface area (Å²) < 4.78 is 41.9. The van der Waals surface area contributed by atoms with Gasteiger partial charge < -0.3 is 15.4 Å². The molecule has 3 N–H and O–H groups in total. The zero-order valence-electron chi connectivity index (χ0n) is 14.4. The first-order chi connectivity index (χ1) is 12.7. The van der Waals surface area contributed by atoms with E-state index in [1.165, 1.54) is 18.2 Å². The third kappa shape index (κ3) is 4.15. The number of para-hydroxylation sites is 2. The van der Waals surface area contributed by atoms with Crippen molar-refractivity contribution >= 4 is 17.3 Å². The van der Waals surface area contributed by atoms with Crippen molar-refractivity contribution < 1.29 is 27.9 Å². The van der Waals surface area contributed by atoms with E-state index in [1.54, 1.807) is 36.2 Å². The third-order valence-electron chi connectivity index (χ3n) is 4.26. The molecule has 0 fully saturated rings. The van der Waals surface area contributed by atoms with Crippen LogP contribution < -0.4 is 20.4 Å². The quantitative estimate of drug-likeness (QED) is 0.797. The number of nitrogens with two attached hydrogens (primary N) is 1. The summed E-state index contributed by atoms with van der Waals surface area (Å²) in [6.45, 7) is 0.292. The van der Waals surface area contributed by atoms with Gasteiger partial charge in [0, 0.05) is 13.6 Å². The molecule has 0 bridgehead atoms. The second-order valence-electron chi connectivity index (χ2n) is 6.30. The maximum absolute atomic E-state index is 12.6. The topological polar surface area (TPSA) is 79.0 Å². The molecule has 3 rings (SSSR count). The second-order valence-corrected chi connectivity index (χ2v) is 6.30. The van der Waals surface area contributed by atoms with Gasteiger partial charge in [0.1, 0.15) is 0 Å². The number of halogens is 3. The minimum absolute atomic E-state index is 0.274. The van der Waals surface area contributed by atoms with Gasteiger partial charge in [-0.15, -0.1) is 13.2 Å². The lowest BCUT2D eigenvalue weighted by molar-refractivity contribution is -0.274. The van der Waals surface area contributed by atoms with E-state index in [9.17, 15) is 23.2 Å². The summed E-state index contributed by atoms with van der Waals surface area (Å²) in [7, 11) is 1.64. The van der Waals surface area contributed by atoms with Crippen molar-refractivity contribution in [2.75, 3.05) is 17.0 Å². The number of carbonyl (C=O) groups is 1. The Morgan fingerprint density at radius 2 is 2.00 bits per heavy atom. The number of hydrogen-bond donors (Lipinski definition) is 2. The largest absolute Gasteiger partial charge is 0.573 e. The van der Waals surface area contributed by atoms with E-state index < -0.39 is 18.3 Å². The van der Waals surface area contributed by atoms with Crippen LogP contribution in [0.15, 0.2) is 42.5 Å². The van der Waals surface area contributed by atoms with E-state index in [-0.39, 0.29) is 17.9 Å². The van der Waals surface area contributed by atoms with Crippen LogP contribution in [0.1, 0.15) is 11.1 Å². The second kappa shape index (κ2) is 7.09. The number of alkyl halides is 3. The number of fused-ring (bicyclic) bond motifs is 1. The molecule has 144 valence electrons. The van der Waals surface area contributed by atoms with Crippen LogP contribution in [0.4, 0.5) is 24.5 Å². The molecular formula is C18H18F3N3O3. The average Bonchev–Trinajstić information content (AvgIpc) is 2.58. The predicted octanol–water partition coefficient (Wildman–Crippen LogP) is 2.83. The molecule has 1 amide bonds. The van der Waals surface area contributed by atoms with Crippen LogP contribution in [-0.4, -0.2) is 30.6 Å². The van der Waals surface area contributed by atoms with Crippen molar-refractivity contribution in [3.8, 4) is 5.75 Å². The highest BCUT2D eigenvalue weighted by atomic mass is 19.4. The maximum atomic E-state index is 12.6. The fraction of sp³-hybridized carbons (Fsp3) is 0.278. The van der Waals surface area contributed by atoms with Crippen molar-refractivity contribution in [2.45, 2.75) is 25.4 Å². The van der Waals surface area contributed by atoms with Gasteiger partial charge in [-0.3, -0.25) is 10.0 Å². The Bertz CT molecular complexity index is 857. The summed E-state index contributed by atoms with van der Waals surface area (Å²) >= 11 is 0. The lowest BCUT2D eigenvalue weighted by atomic mass is 9.97. The summed E-state index contributed by atoms with van der Waals surface area (Å²) in [5.41, 5.74) is 7.83. The van der Waals surface area contributed by atoms with Gasteiger partial charge in [-0.05, 0) is 35.7 Å². The maximum Gasteiger partial charge on any atom is 0.573 e. The smallest absolute Gasteiger partial charge is 0.404 e. The number of nitrogens with zero attached hydrogens (tertiary/aromatic N) is 2. The van der Waals surface area contributed by atoms with Gasteiger partial charge in [-0.1, -0.05) is 24.3 Å². The van der Waals surface area contributed by atoms with Crippen molar-refractivity contribution in [3.63, 3.8) is 0 Å². The normalized spacial score (nSPS) is 16.9. The minimum atomic E-state index is -4.78. The average molecular weight is 381 g/mol. The van der Waals surface area contributed by atoms with Gasteiger partial charge in [0.05, 0.1) is 17.4 Å². The van der Waals surface area contributed by atoms with Gasteiger partial charge in [0.15, 0.2) is 5.75 Å². The molecule has 27 heavy (non-hydrogen) atoms. The van der Waals surface area contributed by atoms with Crippen molar-refractivity contribution in [2.24, 2.45) is 5.73 Å². The molecule has 0 spiro atoms. The molecule has 0 radical (unpaired) electrons. The van der Waals surface area contributed by atoms with Crippen LogP contribution >= 0.6 is 0 Å². The van der Waals surface area contributed by atoms with E-state index >= 15 is 0 Å². The van der Waals surface area contributed by atoms with Crippen LogP contribution in [0, 0.1) is 0 Å². The summed E-state index contributed by atoms with van der Waals surface area (Å²) in [5.74, 6) is -0.870. The van der Waals surface area contributed by atoms with Gasteiger partial charge in [-0.2, -0.15) is 5.06 Å². The SMILES string of the molecule is CN(Cc1ccc2c(c1)C[C@H](N)C(=O)N2O)c1ccccc1OC(F)(F)F. The summed E-state index contributed by atoms with van der Waals surface area (Å²) in [5, 5.41) is 10.4. The van der Waals surface area contributed by atoms with Crippen LogP contribution in [0.5, 0.6) is 5.75 Å². The number of hydrogen-bond acceptors (Lipinski definition) is 5. The zero-order chi connectivity index (χ0) is 19.8.